The van der Waals surface area contributed by atoms with Crippen molar-refractivity contribution in [2.24, 2.45) is 0 Å². The fraction of sp³-hybridized carbons (Fsp3) is 0.235. The molecule has 0 saturated carbocycles. The highest BCUT2D eigenvalue weighted by atomic mass is 35.5. The average Bonchev–Trinajstić information content (AvgIpc) is 2.44. The minimum atomic E-state index is -0.459. The fourth-order valence-electron chi connectivity index (χ4n) is 1.93. The first-order valence-electron chi connectivity index (χ1n) is 7.20. The van der Waals surface area contributed by atoms with Gasteiger partial charge in [-0.15, -0.1) is 0 Å². The molecule has 0 radical (unpaired) electrons. The normalized spacial score (nSPS) is 11.0. The van der Waals surface area contributed by atoms with Gasteiger partial charge in [0.25, 0.3) is 11.8 Å². The van der Waals surface area contributed by atoms with Crippen LogP contribution in [-0.4, -0.2) is 22.3 Å². The van der Waals surface area contributed by atoms with E-state index in [0.29, 0.717) is 21.3 Å². The maximum absolute atomic E-state index is 12.3. The van der Waals surface area contributed by atoms with Crippen molar-refractivity contribution in [3.05, 3.63) is 57.8 Å². The van der Waals surface area contributed by atoms with E-state index in [4.69, 9.17) is 23.2 Å². The van der Waals surface area contributed by atoms with Gasteiger partial charge in [0, 0.05) is 33.0 Å². The van der Waals surface area contributed by atoms with E-state index in [1.165, 1.54) is 12.3 Å². The Labute approximate surface area is 150 Å². The number of carbonyl (C=O) groups excluding carboxylic acids is 2. The van der Waals surface area contributed by atoms with Gasteiger partial charge in [-0.1, -0.05) is 23.2 Å². The van der Waals surface area contributed by atoms with Gasteiger partial charge in [-0.2, -0.15) is 0 Å². The molecular weight excluding hydrogens is 349 g/mol. The van der Waals surface area contributed by atoms with Gasteiger partial charge in [-0.05, 0) is 51.1 Å². The van der Waals surface area contributed by atoms with Crippen molar-refractivity contribution in [1.82, 2.24) is 10.3 Å². The third-order valence-corrected chi connectivity index (χ3v) is 3.30. The second kappa shape index (κ2) is 7.20. The summed E-state index contributed by atoms with van der Waals surface area (Å²) in [5.74, 6) is -0.733. The Hall–Kier alpha value is -2.11. The second-order valence-electron chi connectivity index (χ2n) is 6.25. The standard InChI is InChI=1S/C17H17Cl2N3O2/c1-17(2,3)22-15(23)10-4-5-20-14(6-10)16(24)21-13-8-11(18)7-12(19)9-13/h4-9H,1-3H3,(H,21,24)(H,22,23). The molecule has 0 aliphatic carbocycles. The number of rotatable bonds is 3. The Morgan fingerprint density at radius 3 is 2.21 bits per heavy atom. The van der Waals surface area contributed by atoms with E-state index >= 15 is 0 Å². The number of benzene rings is 1. The number of nitrogens with zero attached hydrogens (tertiary/aromatic N) is 1. The van der Waals surface area contributed by atoms with E-state index in [0.717, 1.165) is 0 Å². The van der Waals surface area contributed by atoms with Crippen LogP contribution in [0, 0.1) is 0 Å². The highest BCUT2D eigenvalue weighted by molar-refractivity contribution is 6.35. The molecule has 0 unspecified atom stereocenters. The van der Waals surface area contributed by atoms with E-state index in [1.54, 1.807) is 24.3 Å². The van der Waals surface area contributed by atoms with Gasteiger partial charge in [-0.25, -0.2) is 0 Å². The zero-order valence-electron chi connectivity index (χ0n) is 13.5. The molecule has 0 aliphatic rings. The number of pyridine rings is 1. The summed E-state index contributed by atoms with van der Waals surface area (Å²) >= 11 is 11.8. The van der Waals surface area contributed by atoms with E-state index < -0.39 is 5.91 Å². The third kappa shape index (κ3) is 5.22. The smallest absolute Gasteiger partial charge is 0.274 e. The number of hydrogen-bond acceptors (Lipinski definition) is 3. The van der Waals surface area contributed by atoms with Crippen LogP contribution in [0.15, 0.2) is 36.5 Å². The van der Waals surface area contributed by atoms with Crippen LogP contribution < -0.4 is 10.6 Å². The van der Waals surface area contributed by atoms with Gasteiger partial charge in [0.2, 0.25) is 0 Å². The molecule has 1 aromatic carbocycles. The van der Waals surface area contributed by atoms with Crippen molar-refractivity contribution in [3.63, 3.8) is 0 Å². The molecule has 126 valence electrons. The number of halogens is 2. The van der Waals surface area contributed by atoms with E-state index in [-0.39, 0.29) is 17.1 Å². The number of amides is 2. The molecule has 1 heterocycles. The Morgan fingerprint density at radius 1 is 1.00 bits per heavy atom. The number of anilines is 1. The molecule has 1 aromatic heterocycles. The molecule has 0 spiro atoms. The molecule has 0 bridgehead atoms. The summed E-state index contributed by atoms with van der Waals surface area (Å²) in [7, 11) is 0. The first-order valence-corrected chi connectivity index (χ1v) is 7.96. The summed E-state index contributed by atoms with van der Waals surface area (Å²) in [6.07, 6.45) is 1.41. The van der Waals surface area contributed by atoms with E-state index in [9.17, 15) is 9.59 Å². The van der Waals surface area contributed by atoms with Crippen LogP contribution in [0.25, 0.3) is 0 Å². The summed E-state index contributed by atoms with van der Waals surface area (Å²) in [6.45, 7) is 5.63. The SMILES string of the molecule is CC(C)(C)NC(=O)c1ccnc(C(=O)Nc2cc(Cl)cc(Cl)c2)c1. The number of carbonyl (C=O) groups is 2. The van der Waals surface area contributed by atoms with Crippen molar-refractivity contribution >= 4 is 40.7 Å². The van der Waals surface area contributed by atoms with Gasteiger partial charge in [0.05, 0.1) is 0 Å². The molecular formula is C17H17Cl2N3O2. The maximum atomic E-state index is 12.3. The van der Waals surface area contributed by atoms with Crippen molar-refractivity contribution in [2.75, 3.05) is 5.32 Å². The Morgan fingerprint density at radius 2 is 1.62 bits per heavy atom. The van der Waals surface area contributed by atoms with Crippen LogP contribution in [0.4, 0.5) is 5.69 Å². The van der Waals surface area contributed by atoms with Crippen molar-refractivity contribution < 1.29 is 9.59 Å². The Kier molecular flexibility index (Phi) is 5.47. The van der Waals surface area contributed by atoms with E-state index in [2.05, 4.69) is 15.6 Å². The number of hydrogen-bond donors (Lipinski definition) is 2. The number of nitrogens with one attached hydrogen (secondary N) is 2. The predicted octanol–water partition coefficient (Wildman–Crippen LogP) is 4.17. The molecule has 0 saturated heterocycles. The molecule has 24 heavy (non-hydrogen) atoms. The molecule has 2 amide bonds. The quantitative estimate of drug-likeness (QED) is 0.857. The maximum Gasteiger partial charge on any atom is 0.274 e. The van der Waals surface area contributed by atoms with Gasteiger partial charge in [0.1, 0.15) is 5.69 Å². The first-order chi connectivity index (χ1) is 11.1. The van der Waals surface area contributed by atoms with Crippen LogP contribution >= 0.6 is 23.2 Å². The zero-order valence-corrected chi connectivity index (χ0v) is 15.0. The molecule has 2 aromatic rings. The molecule has 2 N–H and O–H groups in total. The van der Waals surface area contributed by atoms with Crippen molar-refractivity contribution in [2.45, 2.75) is 26.3 Å². The fourth-order valence-corrected chi connectivity index (χ4v) is 2.46. The first kappa shape index (κ1) is 18.2. The summed E-state index contributed by atoms with van der Waals surface area (Å²) in [5.41, 5.74) is 0.547. The molecule has 0 atom stereocenters. The lowest BCUT2D eigenvalue weighted by Gasteiger charge is -2.20. The minimum absolute atomic E-state index is 0.118. The lowest BCUT2D eigenvalue weighted by Crippen LogP contribution is -2.40. The summed E-state index contributed by atoms with van der Waals surface area (Å²) in [5, 5.41) is 6.30. The van der Waals surface area contributed by atoms with Crippen LogP contribution in [0.1, 0.15) is 41.6 Å². The predicted molar refractivity (Wildman–Crippen MR) is 95.9 cm³/mol. The summed E-state index contributed by atoms with van der Waals surface area (Å²) in [6, 6.07) is 7.69. The molecule has 0 fully saturated rings. The average molecular weight is 366 g/mol. The van der Waals surface area contributed by atoms with Crippen molar-refractivity contribution in [3.8, 4) is 0 Å². The lowest BCUT2D eigenvalue weighted by atomic mass is 10.1. The van der Waals surface area contributed by atoms with Crippen LogP contribution in [0.5, 0.6) is 0 Å². The van der Waals surface area contributed by atoms with Crippen LogP contribution in [0.3, 0.4) is 0 Å². The summed E-state index contributed by atoms with van der Waals surface area (Å²) in [4.78, 5) is 28.5. The largest absolute Gasteiger partial charge is 0.347 e. The lowest BCUT2D eigenvalue weighted by molar-refractivity contribution is 0.0919. The molecule has 5 nitrogen and oxygen atoms in total. The zero-order chi connectivity index (χ0) is 17.9. The Balaban J connectivity index is 2.18. The number of aromatic nitrogens is 1. The van der Waals surface area contributed by atoms with Crippen LogP contribution in [-0.2, 0) is 0 Å². The molecule has 2 rings (SSSR count). The Bertz CT molecular complexity index is 765. The molecule has 0 aliphatic heterocycles. The van der Waals surface area contributed by atoms with Crippen LogP contribution in [0.2, 0.25) is 10.0 Å². The highest BCUT2D eigenvalue weighted by Crippen LogP contribution is 2.22. The topological polar surface area (TPSA) is 71.1 Å². The van der Waals surface area contributed by atoms with Crippen molar-refractivity contribution in [1.29, 1.82) is 0 Å². The second-order valence-corrected chi connectivity index (χ2v) is 7.12. The summed E-state index contributed by atoms with van der Waals surface area (Å²) < 4.78 is 0. The van der Waals surface area contributed by atoms with Gasteiger partial charge in [0.15, 0.2) is 0 Å². The van der Waals surface area contributed by atoms with Gasteiger partial charge >= 0.3 is 0 Å². The van der Waals surface area contributed by atoms with Gasteiger partial charge < -0.3 is 10.6 Å². The van der Waals surface area contributed by atoms with Gasteiger partial charge in [-0.3, -0.25) is 14.6 Å². The third-order valence-electron chi connectivity index (χ3n) is 2.86. The monoisotopic (exact) mass is 365 g/mol. The minimum Gasteiger partial charge on any atom is -0.347 e. The molecule has 7 heteroatoms. The van der Waals surface area contributed by atoms with E-state index in [1.807, 2.05) is 20.8 Å². The highest BCUT2D eigenvalue weighted by Gasteiger charge is 2.17.